The summed E-state index contributed by atoms with van der Waals surface area (Å²) in [4.78, 5) is 12.3. The molecule has 3 rings (SSSR count). The molecule has 3 heteroatoms. The number of Topliss-reactive ketones (excluding diaryl/α,β-unsaturated/α-hetero) is 1. The fraction of sp³-hybridized carbons (Fsp3) is 0.188. The zero-order valence-electron chi connectivity index (χ0n) is 10.2. The third kappa shape index (κ3) is 2.35. The molecule has 0 bridgehead atoms. The average Bonchev–Trinajstić information content (AvgIpc) is 2.72. The topological polar surface area (TPSA) is 17.1 Å². The van der Waals surface area contributed by atoms with Crippen LogP contribution in [0, 0.1) is 11.7 Å². The molecule has 0 heterocycles. The van der Waals surface area contributed by atoms with Gasteiger partial charge in [0.25, 0.3) is 0 Å². The van der Waals surface area contributed by atoms with Crippen LogP contribution < -0.4 is 0 Å². The molecule has 0 N–H and O–H groups in total. The summed E-state index contributed by atoms with van der Waals surface area (Å²) in [5.41, 5.74) is 2.95. The maximum Gasteiger partial charge on any atom is 0.166 e. The molecule has 1 aliphatic carbocycles. The van der Waals surface area contributed by atoms with E-state index in [9.17, 15) is 9.18 Å². The molecule has 1 atom stereocenters. The number of hydrogen-bond acceptors (Lipinski definition) is 1. The van der Waals surface area contributed by atoms with E-state index in [4.69, 9.17) is 0 Å². The Morgan fingerprint density at radius 2 is 2.00 bits per heavy atom. The van der Waals surface area contributed by atoms with Crippen LogP contribution in [-0.2, 0) is 12.8 Å². The third-order valence-corrected chi connectivity index (χ3v) is 4.19. The van der Waals surface area contributed by atoms with Crippen LogP contribution in [0.1, 0.15) is 21.5 Å². The standard InChI is InChI=1S/C16H12BrFO/c17-14-8-10(5-6-15(14)18)7-12-9-11-3-1-2-4-13(11)16(12)19/h1-6,8,12H,7,9H2. The van der Waals surface area contributed by atoms with Gasteiger partial charge in [-0.05, 0) is 52.0 Å². The molecule has 0 aromatic heterocycles. The highest BCUT2D eigenvalue weighted by atomic mass is 79.9. The van der Waals surface area contributed by atoms with E-state index in [2.05, 4.69) is 15.9 Å². The van der Waals surface area contributed by atoms with Crippen LogP contribution in [0.15, 0.2) is 46.9 Å². The predicted octanol–water partition coefficient (Wildman–Crippen LogP) is 4.19. The minimum atomic E-state index is -0.273. The summed E-state index contributed by atoms with van der Waals surface area (Å²) in [7, 11) is 0. The van der Waals surface area contributed by atoms with Crippen molar-refractivity contribution in [2.24, 2.45) is 5.92 Å². The van der Waals surface area contributed by atoms with E-state index in [-0.39, 0.29) is 17.5 Å². The zero-order valence-corrected chi connectivity index (χ0v) is 11.8. The highest BCUT2D eigenvalue weighted by molar-refractivity contribution is 9.10. The van der Waals surface area contributed by atoms with E-state index >= 15 is 0 Å². The first-order valence-electron chi connectivity index (χ1n) is 6.21. The number of ketones is 1. The van der Waals surface area contributed by atoms with Crippen molar-refractivity contribution in [1.82, 2.24) is 0 Å². The van der Waals surface area contributed by atoms with E-state index in [1.54, 1.807) is 12.1 Å². The summed E-state index contributed by atoms with van der Waals surface area (Å²) in [6.07, 6.45) is 1.44. The Kier molecular flexibility index (Phi) is 3.23. The lowest BCUT2D eigenvalue weighted by atomic mass is 9.96. The Morgan fingerprint density at radius 3 is 2.74 bits per heavy atom. The molecule has 0 fully saturated rings. The highest BCUT2D eigenvalue weighted by Gasteiger charge is 2.29. The molecule has 0 saturated heterocycles. The smallest absolute Gasteiger partial charge is 0.166 e. The lowest BCUT2D eigenvalue weighted by molar-refractivity contribution is 0.0936. The van der Waals surface area contributed by atoms with Crippen molar-refractivity contribution in [1.29, 1.82) is 0 Å². The molecule has 2 aromatic carbocycles. The summed E-state index contributed by atoms with van der Waals surface area (Å²) in [6, 6.07) is 12.7. The van der Waals surface area contributed by atoms with E-state index in [1.807, 2.05) is 24.3 Å². The van der Waals surface area contributed by atoms with Crippen molar-refractivity contribution in [3.63, 3.8) is 0 Å². The van der Waals surface area contributed by atoms with Crippen LogP contribution >= 0.6 is 15.9 Å². The van der Waals surface area contributed by atoms with Crippen LogP contribution in [0.3, 0.4) is 0 Å². The van der Waals surface area contributed by atoms with Gasteiger partial charge in [-0.25, -0.2) is 4.39 Å². The molecule has 1 unspecified atom stereocenters. The number of hydrogen-bond donors (Lipinski definition) is 0. The van der Waals surface area contributed by atoms with Crippen LogP contribution in [0.2, 0.25) is 0 Å². The summed E-state index contributed by atoms with van der Waals surface area (Å²) >= 11 is 3.18. The third-order valence-electron chi connectivity index (χ3n) is 3.59. The number of rotatable bonds is 2. The molecule has 0 saturated carbocycles. The number of benzene rings is 2. The normalized spacial score (nSPS) is 17.6. The molecule has 0 radical (unpaired) electrons. The van der Waals surface area contributed by atoms with Crippen LogP contribution in [0.25, 0.3) is 0 Å². The second-order valence-corrected chi connectivity index (χ2v) is 5.73. The number of carbonyl (C=O) groups is 1. The van der Waals surface area contributed by atoms with Gasteiger partial charge in [-0.1, -0.05) is 30.3 Å². The molecule has 0 spiro atoms. The van der Waals surface area contributed by atoms with Crippen LogP contribution in [-0.4, -0.2) is 5.78 Å². The first-order valence-corrected chi connectivity index (χ1v) is 7.00. The number of fused-ring (bicyclic) bond motifs is 1. The Hall–Kier alpha value is -1.48. The molecule has 0 amide bonds. The molecular weight excluding hydrogens is 307 g/mol. The second kappa shape index (κ2) is 4.89. The molecule has 1 nitrogen and oxygen atoms in total. The van der Waals surface area contributed by atoms with Gasteiger partial charge < -0.3 is 0 Å². The lowest BCUT2D eigenvalue weighted by Crippen LogP contribution is -2.12. The van der Waals surface area contributed by atoms with Gasteiger partial charge in [-0.15, -0.1) is 0 Å². The minimum absolute atomic E-state index is 0.0187. The maximum atomic E-state index is 13.2. The van der Waals surface area contributed by atoms with Gasteiger partial charge in [0.15, 0.2) is 5.78 Å². The van der Waals surface area contributed by atoms with Crippen molar-refractivity contribution in [3.8, 4) is 0 Å². The van der Waals surface area contributed by atoms with Crippen molar-refractivity contribution >= 4 is 21.7 Å². The molecule has 1 aliphatic rings. The van der Waals surface area contributed by atoms with Gasteiger partial charge in [0.05, 0.1) is 4.47 Å². The van der Waals surface area contributed by atoms with E-state index < -0.39 is 0 Å². The van der Waals surface area contributed by atoms with E-state index in [1.165, 1.54) is 6.07 Å². The quantitative estimate of drug-likeness (QED) is 0.811. The summed E-state index contributed by atoms with van der Waals surface area (Å²) in [6.45, 7) is 0. The van der Waals surface area contributed by atoms with E-state index in [0.717, 1.165) is 23.1 Å². The summed E-state index contributed by atoms with van der Waals surface area (Å²) in [5.74, 6) is -0.0874. The predicted molar refractivity (Wildman–Crippen MR) is 75.8 cm³/mol. The molecule has 0 aliphatic heterocycles. The SMILES string of the molecule is O=C1c2ccccc2CC1Cc1ccc(F)c(Br)c1. The first kappa shape index (κ1) is 12.5. The van der Waals surface area contributed by atoms with Gasteiger partial charge in [0, 0.05) is 11.5 Å². The minimum Gasteiger partial charge on any atom is -0.294 e. The Bertz CT molecular complexity index is 651. The summed E-state index contributed by atoms with van der Waals surface area (Å²) in [5, 5.41) is 0. The fourth-order valence-electron chi connectivity index (χ4n) is 2.63. The molecule has 2 aromatic rings. The van der Waals surface area contributed by atoms with Gasteiger partial charge in [-0.2, -0.15) is 0 Å². The molecule has 96 valence electrons. The zero-order chi connectivity index (χ0) is 13.4. The van der Waals surface area contributed by atoms with Gasteiger partial charge in [-0.3, -0.25) is 4.79 Å². The fourth-order valence-corrected chi connectivity index (χ4v) is 3.06. The second-order valence-electron chi connectivity index (χ2n) is 4.88. The monoisotopic (exact) mass is 318 g/mol. The van der Waals surface area contributed by atoms with Crippen molar-refractivity contribution < 1.29 is 9.18 Å². The Balaban J connectivity index is 1.83. The van der Waals surface area contributed by atoms with Crippen LogP contribution in [0.4, 0.5) is 4.39 Å². The number of halogens is 2. The van der Waals surface area contributed by atoms with E-state index in [0.29, 0.717) is 10.9 Å². The molecular formula is C16H12BrFO. The average molecular weight is 319 g/mol. The number of carbonyl (C=O) groups excluding carboxylic acids is 1. The molecule has 19 heavy (non-hydrogen) atoms. The maximum absolute atomic E-state index is 13.2. The highest BCUT2D eigenvalue weighted by Crippen LogP contribution is 2.29. The van der Waals surface area contributed by atoms with Gasteiger partial charge in [0.2, 0.25) is 0 Å². The van der Waals surface area contributed by atoms with Crippen molar-refractivity contribution in [3.05, 3.63) is 69.4 Å². The van der Waals surface area contributed by atoms with Crippen molar-refractivity contribution in [2.75, 3.05) is 0 Å². The van der Waals surface area contributed by atoms with Gasteiger partial charge >= 0.3 is 0 Å². The summed E-state index contributed by atoms with van der Waals surface area (Å²) < 4.78 is 13.6. The van der Waals surface area contributed by atoms with Crippen molar-refractivity contribution in [2.45, 2.75) is 12.8 Å². The Labute approximate surface area is 119 Å². The van der Waals surface area contributed by atoms with Crippen LogP contribution in [0.5, 0.6) is 0 Å². The van der Waals surface area contributed by atoms with Gasteiger partial charge in [0.1, 0.15) is 5.82 Å². The lowest BCUT2D eigenvalue weighted by Gasteiger charge is -2.08. The Morgan fingerprint density at radius 1 is 1.21 bits per heavy atom. The largest absolute Gasteiger partial charge is 0.294 e. The first-order chi connectivity index (χ1) is 9.15.